The van der Waals surface area contributed by atoms with Crippen molar-refractivity contribution in [3.8, 4) is 0 Å². The van der Waals surface area contributed by atoms with E-state index in [1.54, 1.807) is 44.2 Å². The van der Waals surface area contributed by atoms with Gasteiger partial charge >= 0.3 is 6.18 Å². The van der Waals surface area contributed by atoms with Gasteiger partial charge in [0.05, 0.1) is 5.52 Å². The lowest BCUT2D eigenvalue weighted by atomic mass is 9.85. The number of para-hydroxylation sites is 1. The van der Waals surface area contributed by atoms with Crippen LogP contribution in [0, 0.1) is 5.92 Å². The number of fused-ring (bicyclic) bond motifs is 1. The third kappa shape index (κ3) is 3.35. The average Bonchev–Trinajstić information content (AvgIpc) is 2.37. The SMILES string of the molecule is CC(C)CC(O)(Cc1ccnc2ccccc12)C(F)(F)F. The predicted molar refractivity (Wildman–Crippen MR) is 75.9 cm³/mol. The van der Waals surface area contributed by atoms with Crippen molar-refractivity contribution in [2.45, 2.75) is 38.5 Å². The molecule has 1 aromatic carbocycles. The Hall–Kier alpha value is -1.62. The molecular weight excluding hydrogens is 279 g/mol. The van der Waals surface area contributed by atoms with Crippen molar-refractivity contribution in [1.82, 2.24) is 4.98 Å². The zero-order valence-electron chi connectivity index (χ0n) is 12.0. The number of aliphatic hydroxyl groups is 1. The monoisotopic (exact) mass is 297 g/mol. The standard InChI is InChI=1S/C16H18F3NO/c1-11(2)9-15(21,16(17,18)19)10-12-7-8-20-14-6-4-3-5-13(12)14/h3-8,11,21H,9-10H2,1-2H3. The second kappa shape index (κ2) is 5.64. The number of pyridine rings is 1. The van der Waals surface area contributed by atoms with E-state index in [4.69, 9.17) is 0 Å². The first-order valence-corrected chi connectivity index (χ1v) is 6.85. The number of aromatic nitrogens is 1. The molecule has 1 heterocycles. The van der Waals surface area contributed by atoms with E-state index in [0.29, 0.717) is 16.5 Å². The van der Waals surface area contributed by atoms with Crippen LogP contribution in [0.15, 0.2) is 36.5 Å². The number of benzene rings is 1. The lowest BCUT2D eigenvalue weighted by Crippen LogP contribution is -2.48. The minimum atomic E-state index is -4.67. The van der Waals surface area contributed by atoms with E-state index in [9.17, 15) is 18.3 Å². The Bertz CT molecular complexity index is 619. The fraction of sp³-hybridized carbons (Fsp3) is 0.438. The molecular formula is C16H18F3NO. The van der Waals surface area contributed by atoms with Gasteiger partial charge in [0.2, 0.25) is 0 Å². The summed E-state index contributed by atoms with van der Waals surface area (Å²) in [6.07, 6.45) is -3.98. The number of rotatable bonds is 4. The van der Waals surface area contributed by atoms with E-state index >= 15 is 0 Å². The Morgan fingerprint density at radius 2 is 1.81 bits per heavy atom. The summed E-state index contributed by atoms with van der Waals surface area (Å²) in [6, 6.07) is 8.54. The fourth-order valence-electron chi connectivity index (χ4n) is 2.59. The van der Waals surface area contributed by atoms with Crippen molar-refractivity contribution < 1.29 is 18.3 Å². The maximum atomic E-state index is 13.3. The lowest BCUT2D eigenvalue weighted by Gasteiger charge is -2.32. The Morgan fingerprint density at radius 3 is 2.43 bits per heavy atom. The molecule has 0 saturated heterocycles. The van der Waals surface area contributed by atoms with Gasteiger partial charge in [-0.25, -0.2) is 0 Å². The van der Waals surface area contributed by atoms with Crippen LogP contribution in [-0.4, -0.2) is 21.9 Å². The van der Waals surface area contributed by atoms with E-state index in [2.05, 4.69) is 4.98 Å². The summed E-state index contributed by atoms with van der Waals surface area (Å²) < 4.78 is 39.9. The third-order valence-electron chi connectivity index (χ3n) is 3.50. The minimum Gasteiger partial charge on any atom is -0.380 e. The van der Waals surface area contributed by atoms with Crippen molar-refractivity contribution in [3.63, 3.8) is 0 Å². The van der Waals surface area contributed by atoms with E-state index in [1.165, 1.54) is 6.20 Å². The highest BCUT2D eigenvalue weighted by Gasteiger charge is 2.53. The van der Waals surface area contributed by atoms with Crippen LogP contribution in [0.2, 0.25) is 0 Å². The lowest BCUT2D eigenvalue weighted by molar-refractivity contribution is -0.264. The molecule has 0 amide bonds. The van der Waals surface area contributed by atoms with Crippen LogP contribution in [-0.2, 0) is 6.42 Å². The number of hydrogen-bond donors (Lipinski definition) is 1. The third-order valence-corrected chi connectivity index (χ3v) is 3.50. The zero-order chi connectivity index (χ0) is 15.7. The van der Waals surface area contributed by atoms with Crippen LogP contribution in [0.3, 0.4) is 0 Å². The normalized spacial score (nSPS) is 15.4. The Balaban J connectivity index is 2.44. The van der Waals surface area contributed by atoms with Gasteiger partial charge in [0.1, 0.15) is 0 Å². The smallest absolute Gasteiger partial charge is 0.380 e. The first-order chi connectivity index (χ1) is 9.73. The van der Waals surface area contributed by atoms with Crippen molar-refractivity contribution in [2.75, 3.05) is 0 Å². The highest BCUT2D eigenvalue weighted by molar-refractivity contribution is 5.81. The summed E-state index contributed by atoms with van der Waals surface area (Å²) in [5, 5.41) is 10.8. The number of alkyl halides is 3. The van der Waals surface area contributed by atoms with Gasteiger partial charge in [0, 0.05) is 18.0 Å². The largest absolute Gasteiger partial charge is 0.417 e. The molecule has 2 aromatic rings. The van der Waals surface area contributed by atoms with Crippen LogP contribution >= 0.6 is 0 Å². The molecule has 0 spiro atoms. The Labute approximate surface area is 121 Å². The van der Waals surface area contributed by atoms with Gasteiger partial charge in [-0.15, -0.1) is 0 Å². The molecule has 0 aliphatic carbocycles. The average molecular weight is 297 g/mol. The van der Waals surface area contributed by atoms with E-state index in [-0.39, 0.29) is 12.3 Å². The van der Waals surface area contributed by atoms with Crippen molar-refractivity contribution in [1.29, 1.82) is 0 Å². The van der Waals surface area contributed by atoms with Crippen LogP contribution < -0.4 is 0 Å². The minimum absolute atomic E-state index is 0.260. The molecule has 1 atom stereocenters. The molecule has 1 N–H and O–H groups in total. The van der Waals surface area contributed by atoms with Crippen molar-refractivity contribution in [2.24, 2.45) is 5.92 Å². The van der Waals surface area contributed by atoms with Crippen LogP contribution in [0.4, 0.5) is 13.2 Å². The second-order valence-corrected chi connectivity index (χ2v) is 5.79. The van der Waals surface area contributed by atoms with Crippen LogP contribution in [0.1, 0.15) is 25.8 Å². The molecule has 21 heavy (non-hydrogen) atoms. The van der Waals surface area contributed by atoms with Crippen molar-refractivity contribution >= 4 is 10.9 Å². The molecule has 1 unspecified atom stereocenters. The molecule has 0 saturated carbocycles. The van der Waals surface area contributed by atoms with E-state index < -0.39 is 18.2 Å². The van der Waals surface area contributed by atoms with Gasteiger partial charge in [-0.3, -0.25) is 4.98 Å². The summed E-state index contributed by atoms with van der Waals surface area (Å²) in [7, 11) is 0. The highest BCUT2D eigenvalue weighted by Crippen LogP contribution is 2.38. The van der Waals surface area contributed by atoms with Gasteiger partial charge in [0.25, 0.3) is 0 Å². The molecule has 5 heteroatoms. The molecule has 0 aliphatic rings. The van der Waals surface area contributed by atoms with Gasteiger partial charge in [-0.05, 0) is 30.0 Å². The van der Waals surface area contributed by atoms with Gasteiger partial charge in [0.15, 0.2) is 5.60 Å². The molecule has 1 aromatic heterocycles. The van der Waals surface area contributed by atoms with Crippen LogP contribution in [0.25, 0.3) is 10.9 Å². The second-order valence-electron chi connectivity index (χ2n) is 5.79. The van der Waals surface area contributed by atoms with Gasteiger partial charge in [-0.2, -0.15) is 13.2 Å². The molecule has 0 bridgehead atoms. The Morgan fingerprint density at radius 1 is 1.14 bits per heavy atom. The highest BCUT2D eigenvalue weighted by atomic mass is 19.4. The Kier molecular flexibility index (Phi) is 4.23. The summed E-state index contributed by atoms with van der Waals surface area (Å²) in [5.74, 6) is -0.260. The van der Waals surface area contributed by atoms with Crippen LogP contribution in [0.5, 0.6) is 0 Å². The maximum absolute atomic E-state index is 13.3. The molecule has 2 nitrogen and oxygen atoms in total. The first-order valence-electron chi connectivity index (χ1n) is 6.85. The van der Waals surface area contributed by atoms with E-state index in [1.807, 2.05) is 0 Å². The zero-order valence-corrected chi connectivity index (χ0v) is 12.0. The molecule has 0 aliphatic heterocycles. The molecule has 0 radical (unpaired) electrons. The van der Waals surface area contributed by atoms with Gasteiger partial charge in [-0.1, -0.05) is 32.0 Å². The predicted octanol–water partition coefficient (Wildman–Crippen LogP) is 4.12. The van der Waals surface area contributed by atoms with Gasteiger partial charge < -0.3 is 5.11 Å². The maximum Gasteiger partial charge on any atom is 0.417 e. The number of halogens is 3. The summed E-state index contributed by atoms with van der Waals surface area (Å²) in [4.78, 5) is 4.13. The number of nitrogens with zero attached hydrogens (tertiary/aromatic N) is 1. The van der Waals surface area contributed by atoms with Crippen molar-refractivity contribution in [3.05, 3.63) is 42.1 Å². The summed E-state index contributed by atoms with van der Waals surface area (Å²) >= 11 is 0. The molecule has 114 valence electrons. The summed E-state index contributed by atoms with van der Waals surface area (Å²) in [6.45, 7) is 3.34. The first kappa shape index (κ1) is 15.8. The van der Waals surface area contributed by atoms with E-state index in [0.717, 1.165) is 0 Å². The molecule has 2 rings (SSSR count). The molecule has 0 fully saturated rings. The topological polar surface area (TPSA) is 33.1 Å². The summed E-state index contributed by atoms with van der Waals surface area (Å²) in [5.41, 5.74) is -1.63. The number of hydrogen-bond acceptors (Lipinski definition) is 2. The fourth-order valence-corrected chi connectivity index (χ4v) is 2.59. The quantitative estimate of drug-likeness (QED) is 0.921.